The summed E-state index contributed by atoms with van der Waals surface area (Å²) in [5.74, 6) is 0. The van der Waals surface area contributed by atoms with E-state index in [4.69, 9.17) is 14.9 Å². The van der Waals surface area contributed by atoms with Gasteiger partial charge in [-0.2, -0.15) is 0 Å². The molecule has 0 aromatic rings. The minimum atomic E-state index is -1.32. The molecular weight excluding hydrogens is 207 g/mol. The molecule has 1 saturated heterocycles. The van der Waals surface area contributed by atoms with E-state index < -0.39 is 36.5 Å². The molecule has 0 spiro atoms. The minimum absolute atomic E-state index is 0. The molecule has 1 fully saturated rings. The van der Waals surface area contributed by atoms with Gasteiger partial charge in [0.05, 0.1) is 6.61 Å². The van der Waals surface area contributed by atoms with Gasteiger partial charge >= 0.3 is 29.6 Å². The molecule has 0 aromatic heterocycles. The van der Waals surface area contributed by atoms with Gasteiger partial charge in [0.25, 0.3) is 0 Å². The molecular formula is C6H13NaO5S. The van der Waals surface area contributed by atoms with Gasteiger partial charge in [0.1, 0.15) is 29.9 Å². The molecule has 1 rings (SSSR count). The molecule has 4 N–H and O–H groups in total. The predicted molar refractivity (Wildman–Crippen MR) is 43.9 cm³/mol. The van der Waals surface area contributed by atoms with Gasteiger partial charge in [-0.05, 0) is 0 Å². The van der Waals surface area contributed by atoms with E-state index in [0.29, 0.717) is 0 Å². The van der Waals surface area contributed by atoms with E-state index in [9.17, 15) is 10.2 Å². The topological polar surface area (TPSA) is 90.2 Å². The molecule has 1 aliphatic heterocycles. The Bertz CT molecular complexity index is 160. The van der Waals surface area contributed by atoms with E-state index in [2.05, 4.69) is 12.6 Å². The van der Waals surface area contributed by atoms with Crippen molar-refractivity contribution in [3.8, 4) is 0 Å². The molecule has 0 radical (unpaired) electrons. The van der Waals surface area contributed by atoms with E-state index >= 15 is 0 Å². The van der Waals surface area contributed by atoms with Crippen molar-refractivity contribution in [1.29, 1.82) is 0 Å². The maximum absolute atomic E-state index is 9.20. The quantitative estimate of drug-likeness (QED) is 0.225. The third-order valence-electron chi connectivity index (χ3n) is 1.87. The van der Waals surface area contributed by atoms with Crippen LogP contribution in [0.5, 0.6) is 0 Å². The summed E-state index contributed by atoms with van der Waals surface area (Å²) in [6.07, 6.45) is -4.70. The number of thiol groups is 1. The smallest absolute Gasteiger partial charge is 1.00 e. The van der Waals surface area contributed by atoms with E-state index in [1.165, 1.54) is 0 Å². The van der Waals surface area contributed by atoms with Crippen LogP contribution in [0.2, 0.25) is 0 Å². The van der Waals surface area contributed by atoms with Gasteiger partial charge < -0.3 is 26.6 Å². The van der Waals surface area contributed by atoms with Gasteiger partial charge in [-0.15, -0.1) is 12.6 Å². The molecule has 0 saturated carbocycles. The molecule has 1 aliphatic rings. The molecule has 0 bridgehead atoms. The average molecular weight is 220 g/mol. The second-order valence-corrected chi connectivity index (χ2v) is 3.23. The van der Waals surface area contributed by atoms with E-state index in [1.807, 2.05) is 0 Å². The van der Waals surface area contributed by atoms with Gasteiger partial charge in [-0.25, -0.2) is 0 Å². The van der Waals surface area contributed by atoms with Crippen molar-refractivity contribution in [3.63, 3.8) is 0 Å². The predicted octanol–water partition coefficient (Wildman–Crippen LogP) is -5.17. The second-order valence-electron chi connectivity index (χ2n) is 2.72. The fraction of sp³-hybridized carbons (Fsp3) is 1.00. The van der Waals surface area contributed by atoms with E-state index in [-0.39, 0.29) is 31.0 Å². The molecule has 5 atom stereocenters. The van der Waals surface area contributed by atoms with Crippen LogP contribution in [0.4, 0.5) is 0 Å². The van der Waals surface area contributed by atoms with Crippen molar-refractivity contribution in [1.82, 2.24) is 0 Å². The summed E-state index contributed by atoms with van der Waals surface area (Å²) < 4.78 is 4.88. The van der Waals surface area contributed by atoms with Gasteiger partial charge in [-0.1, -0.05) is 0 Å². The Hall–Kier alpha value is 1.15. The molecule has 1 heterocycles. The first-order valence-electron chi connectivity index (χ1n) is 3.56. The first kappa shape index (κ1) is 14.2. The third-order valence-corrected chi connectivity index (χ3v) is 2.29. The number of rotatable bonds is 1. The Balaban J connectivity index is 0. The molecule has 7 heteroatoms. The van der Waals surface area contributed by atoms with Crippen LogP contribution in [-0.2, 0) is 4.74 Å². The summed E-state index contributed by atoms with van der Waals surface area (Å²) in [7, 11) is 0. The number of aliphatic hydroxyl groups excluding tert-OH is 4. The van der Waals surface area contributed by atoms with Crippen LogP contribution in [-0.4, -0.2) is 56.9 Å². The van der Waals surface area contributed by atoms with Crippen LogP contribution in [0.3, 0.4) is 0 Å². The molecule has 74 valence electrons. The average Bonchev–Trinajstić information content (AvgIpc) is 2.08. The normalized spacial score (nSPS) is 45.5. The zero-order valence-electron chi connectivity index (χ0n) is 8.24. The van der Waals surface area contributed by atoms with Crippen LogP contribution in [0.1, 0.15) is 1.43 Å². The fourth-order valence-corrected chi connectivity index (χ4v) is 1.41. The Kier molecular flexibility index (Phi) is 6.41. The zero-order valence-corrected chi connectivity index (χ0v) is 10.1. The largest absolute Gasteiger partial charge is 1.00 e. The zero-order chi connectivity index (χ0) is 9.30. The third kappa shape index (κ3) is 3.05. The van der Waals surface area contributed by atoms with Crippen molar-refractivity contribution in [2.24, 2.45) is 0 Å². The molecule has 0 aromatic carbocycles. The summed E-state index contributed by atoms with van der Waals surface area (Å²) in [6.45, 7) is -0.415. The summed E-state index contributed by atoms with van der Waals surface area (Å²) in [5.41, 5.74) is -0.874. The Morgan fingerprint density at radius 3 is 2.15 bits per heavy atom. The van der Waals surface area contributed by atoms with Crippen LogP contribution >= 0.6 is 12.6 Å². The van der Waals surface area contributed by atoms with Crippen molar-refractivity contribution >= 4 is 12.6 Å². The van der Waals surface area contributed by atoms with Gasteiger partial charge in [-0.3, -0.25) is 0 Å². The van der Waals surface area contributed by atoms with Gasteiger partial charge in [0, 0.05) is 0 Å². The fourth-order valence-electron chi connectivity index (χ4n) is 1.08. The van der Waals surface area contributed by atoms with Crippen LogP contribution in [0.15, 0.2) is 0 Å². The number of hydrogen-bond acceptors (Lipinski definition) is 6. The SMILES string of the molecule is OC[C@H]1O[C@@H](S)[C@@H](O)[C@@H](O)[C@@H]1O.[H-].[Na+]. The Labute approximate surface area is 105 Å². The molecule has 0 unspecified atom stereocenters. The van der Waals surface area contributed by atoms with Crippen molar-refractivity contribution < 1.29 is 56.1 Å². The number of aliphatic hydroxyl groups is 4. The van der Waals surface area contributed by atoms with Crippen molar-refractivity contribution in [3.05, 3.63) is 0 Å². The van der Waals surface area contributed by atoms with E-state index in [1.54, 1.807) is 0 Å². The van der Waals surface area contributed by atoms with Gasteiger partial charge in [0.15, 0.2) is 0 Å². The minimum Gasteiger partial charge on any atom is -1.00 e. The molecule has 5 nitrogen and oxygen atoms in total. The summed E-state index contributed by atoms with van der Waals surface area (Å²) >= 11 is 3.81. The standard InChI is InChI=1S/C6H12O5S.Na.H/c7-1-2-3(8)4(9)5(10)6(12)11-2;;/h2-10,12H,1H2;;/q;+1;-1/t2-,3-,4+,5+,6+;;/m1../s1. The van der Waals surface area contributed by atoms with Crippen LogP contribution < -0.4 is 29.6 Å². The monoisotopic (exact) mass is 220 g/mol. The molecule has 0 aliphatic carbocycles. The second kappa shape index (κ2) is 5.89. The van der Waals surface area contributed by atoms with Crippen molar-refractivity contribution in [2.45, 2.75) is 29.9 Å². The number of ether oxygens (including phenoxy) is 1. The molecule has 13 heavy (non-hydrogen) atoms. The van der Waals surface area contributed by atoms with Crippen LogP contribution in [0.25, 0.3) is 0 Å². The van der Waals surface area contributed by atoms with Crippen LogP contribution in [0, 0.1) is 0 Å². The Morgan fingerprint density at radius 2 is 1.69 bits per heavy atom. The van der Waals surface area contributed by atoms with Crippen molar-refractivity contribution in [2.75, 3.05) is 6.61 Å². The maximum Gasteiger partial charge on any atom is 1.00 e. The maximum atomic E-state index is 9.20. The number of hydrogen-bond donors (Lipinski definition) is 5. The first-order chi connectivity index (χ1) is 5.57. The van der Waals surface area contributed by atoms with Gasteiger partial charge in [0.2, 0.25) is 0 Å². The Morgan fingerprint density at radius 1 is 1.15 bits per heavy atom. The summed E-state index contributed by atoms with van der Waals surface area (Å²) in [6, 6.07) is 0. The van der Waals surface area contributed by atoms with E-state index in [0.717, 1.165) is 0 Å². The molecule has 0 amide bonds. The summed E-state index contributed by atoms with van der Waals surface area (Å²) in [5, 5.41) is 36.2. The first-order valence-corrected chi connectivity index (χ1v) is 4.08. The summed E-state index contributed by atoms with van der Waals surface area (Å²) in [4.78, 5) is 0.